The average molecular weight is 409 g/mol. The van der Waals surface area contributed by atoms with Gasteiger partial charge in [-0.05, 0) is 47.5 Å². The quantitative estimate of drug-likeness (QED) is 0.310. The lowest BCUT2D eigenvalue weighted by molar-refractivity contribution is 0.469. The van der Waals surface area contributed by atoms with E-state index in [0.29, 0.717) is 22.5 Å². The summed E-state index contributed by atoms with van der Waals surface area (Å²) in [5.41, 5.74) is 3.87. The molecule has 0 saturated carbocycles. The molecule has 0 spiro atoms. The molecule has 0 saturated heterocycles. The van der Waals surface area contributed by atoms with Crippen molar-refractivity contribution in [2.75, 3.05) is 0 Å². The van der Waals surface area contributed by atoms with Crippen molar-refractivity contribution in [3.8, 4) is 34.1 Å². The molecule has 0 N–H and O–H groups in total. The Morgan fingerprint density at radius 2 is 1.27 bits per heavy atom. The average Bonchev–Trinajstić information content (AvgIpc) is 2.80. The minimum atomic E-state index is 0.503. The third-order valence-corrected chi connectivity index (χ3v) is 5.19. The molecule has 3 nitrogen and oxygen atoms in total. The van der Waals surface area contributed by atoms with Crippen LogP contribution in [0.4, 0.5) is 0 Å². The lowest BCUT2D eigenvalue weighted by Crippen LogP contribution is -1.96. The van der Waals surface area contributed by atoms with Crippen LogP contribution in [0.1, 0.15) is 0 Å². The van der Waals surface area contributed by atoms with Crippen molar-refractivity contribution in [3.05, 3.63) is 108 Å². The van der Waals surface area contributed by atoms with Crippen molar-refractivity contribution in [1.29, 1.82) is 0 Å². The molecule has 0 fully saturated rings. The van der Waals surface area contributed by atoms with E-state index < -0.39 is 0 Å². The molecular formula is C26H17ClN2O. The Kier molecular flexibility index (Phi) is 4.88. The molecule has 0 atom stereocenters. The summed E-state index contributed by atoms with van der Waals surface area (Å²) in [6, 6.07) is 33.6. The lowest BCUT2D eigenvalue weighted by atomic mass is 10.1. The fourth-order valence-electron chi connectivity index (χ4n) is 3.35. The molecule has 1 aromatic heterocycles. The van der Waals surface area contributed by atoms with Crippen LogP contribution < -0.4 is 4.74 Å². The molecule has 0 aliphatic heterocycles. The first kappa shape index (κ1) is 18.3. The highest BCUT2D eigenvalue weighted by atomic mass is 35.5. The zero-order chi connectivity index (χ0) is 20.3. The molecule has 0 aliphatic rings. The van der Waals surface area contributed by atoms with E-state index in [1.54, 1.807) is 0 Å². The first-order chi connectivity index (χ1) is 14.8. The van der Waals surface area contributed by atoms with E-state index >= 15 is 0 Å². The van der Waals surface area contributed by atoms with Gasteiger partial charge in [0.15, 0.2) is 5.82 Å². The number of rotatable bonds is 4. The first-order valence-electron chi connectivity index (χ1n) is 9.63. The second kappa shape index (κ2) is 7.97. The van der Waals surface area contributed by atoms with E-state index in [-0.39, 0.29) is 0 Å². The highest BCUT2D eigenvalue weighted by molar-refractivity contribution is 6.33. The normalized spacial score (nSPS) is 10.8. The molecule has 0 aliphatic carbocycles. The second-order valence-corrected chi connectivity index (χ2v) is 7.25. The number of hydrogen-bond acceptors (Lipinski definition) is 3. The molecule has 0 unspecified atom stereocenters. The van der Waals surface area contributed by atoms with Crippen molar-refractivity contribution >= 4 is 22.5 Å². The predicted octanol–water partition coefficient (Wildman–Crippen LogP) is 7.41. The van der Waals surface area contributed by atoms with Crippen LogP contribution >= 0.6 is 11.6 Å². The monoisotopic (exact) mass is 408 g/mol. The largest absolute Gasteiger partial charge is 0.438 e. The smallest absolute Gasteiger partial charge is 0.230 e. The van der Waals surface area contributed by atoms with E-state index in [1.807, 2.05) is 91.0 Å². The fourth-order valence-corrected chi connectivity index (χ4v) is 3.57. The first-order valence-corrected chi connectivity index (χ1v) is 10.0. The number of aromatic nitrogens is 2. The highest BCUT2D eigenvalue weighted by Gasteiger charge is 2.13. The number of ether oxygens (including phenoxy) is 1. The third kappa shape index (κ3) is 3.63. The van der Waals surface area contributed by atoms with Crippen molar-refractivity contribution in [2.24, 2.45) is 0 Å². The standard InChI is InChI=1S/C26H17ClN2O/c27-23-12-6-4-10-21(23)25-28-24-13-7-5-11-22(24)26(29-25)30-20-16-14-19(15-17-20)18-8-2-1-3-9-18/h1-17H. The highest BCUT2D eigenvalue weighted by Crippen LogP contribution is 2.33. The number of fused-ring (bicyclic) bond motifs is 1. The summed E-state index contributed by atoms with van der Waals surface area (Å²) in [7, 11) is 0. The summed E-state index contributed by atoms with van der Waals surface area (Å²) in [4.78, 5) is 9.38. The van der Waals surface area contributed by atoms with Crippen LogP contribution in [0.5, 0.6) is 11.6 Å². The number of benzene rings is 4. The van der Waals surface area contributed by atoms with Crippen molar-refractivity contribution in [1.82, 2.24) is 9.97 Å². The second-order valence-electron chi connectivity index (χ2n) is 6.84. The van der Waals surface area contributed by atoms with Crippen molar-refractivity contribution in [2.45, 2.75) is 0 Å². The molecule has 5 aromatic rings. The molecular weight excluding hydrogens is 392 g/mol. The van der Waals surface area contributed by atoms with Crippen LogP contribution in [0.3, 0.4) is 0 Å². The van der Waals surface area contributed by atoms with Gasteiger partial charge in [0.2, 0.25) is 5.88 Å². The molecule has 4 aromatic carbocycles. The van der Waals surface area contributed by atoms with Crippen molar-refractivity contribution < 1.29 is 4.74 Å². The van der Waals surface area contributed by atoms with Crippen LogP contribution in [0.15, 0.2) is 103 Å². The number of hydrogen-bond donors (Lipinski definition) is 0. The van der Waals surface area contributed by atoms with Gasteiger partial charge in [-0.1, -0.05) is 78.3 Å². The van der Waals surface area contributed by atoms with E-state index in [0.717, 1.165) is 27.6 Å². The number of halogens is 1. The summed E-state index contributed by atoms with van der Waals surface area (Å²) in [5, 5.41) is 1.45. The molecule has 4 heteroatoms. The van der Waals surface area contributed by atoms with Gasteiger partial charge in [-0.3, -0.25) is 0 Å². The summed E-state index contributed by atoms with van der Waals surface area (Å²) >= 11 is 6.38. The molecule has 144 valence electrons. The predicted molar refractivity (Wildman–Crippen MR) is 122 cm³/mol. The van der Waals surface area contributed by atoms with E-state index in [4.69, 9.17) is 21.3 Å². The van der Waals surface area contributed by atoms with Gasteiger partial charge in [0.25, 0.3) is 0 Å². The summed E-state index contributed by atoms with van der Waals surface area (Å²) in [6.07, 6.45) is 0. The van der Waals surface area contributed by atoms with Gasteiger partial charge in [0.1, 0.15) is 5.75 Å². The van der Waals surface area contributed by atoms with Crippen LogP contribution in [-0.2, 0) is 0 Å². The Labute approximate surface area is 179 Å². The Bertz CT molecular complexity index is 1320. The summed E-state index contributed by atoms with van der Waals surface area (Å²) < 4.78 is 6.19. The maximum atomic E-state index is 6.38. The van der Waals surface area contributed by atoms with Gasteiger partial charge in [0.05, 0.1) is 15.9 Å². The lowest BCUT2D eigenvalue weighted by Gasteiger charge is -2.11. The maximum absolute atomic E-state index is 6.38. The summed E-state index contributed by atoms with van der Waals surface area (Å²) in [6.45, 7) is 0. The van der Waals surface area contributed by atoms with Crippen LogP contribution in [0.2, 0.25) is 5.02 Å². The maximum Gasteiger partial charge on any atom is 0.230 e. The third-order valence-electron chi connectivity index (χ3n) is 4.86. The van der Waals surface area contributed by atoms with Gasteiger partial charge in [-0.2, -0.15) is 4.98 Å². The molecule has 0 radical (unpaired) electrons. The van der Waals surface area contributed by atoms with E-state index in [1.165, 1.54) is 0 Å². The SMILES string of the molecule is Clc1ccccc1-c1nc(Oc2ccc(-c3ccccc3)cc2)c2ccccc2n1. The van der Waals surface area contributed by atoms with Crippen LogP contribution in [-0.4, -0.2) is 9.97 Å². The van der Waals surface area contributed by atoms with E-state index in [2.05, 4.69) is 17.1 Å². The number of nitrogens with zero attached hydrogens (tertiary/aromatic N) is 2. The number of para-hydroxylation sites is 1. The van der Waals surface area contributed by atoms with Crippen molar-refractivity contribution in [3.63, 3.8) is 0 Å². The summed E-state index contributed by atoms with van der Waals surface area (Å²) in [5.74, 6) is 1.75. The van der Waals surface area contributed by atoms with Crippen LogP contribution in [0.25, 0.3) is 33.4 Å². The Balaban J connectivity index is 1.54. The van der Waals surface area contributed by atoms with Gasteiger partial charge < -0.3 is 4.74 Å². The Morgan fingerprint density at radius 1 is 0.600 bits per heavy atom. The van der Waals surface area contributed by atoms with Gasteiger partial charge in [0, 0.05) is 5.56 Å². The minimum Gasteiger partial charge on any atom is -0.438 e. The minimum absolute atomic E-state index is 0.503. The Hall–Kier alpha value is -3.69. The van der Waals surface area contributed by atoms with Gasteiger partial charge in [-0.25, -0.2) is 4.98 Å². The van der Waals surface area contributed by atoms with Gasteiger partial charge in [-0.15, -0.1) is 0 Å². The molecule has 30 heavy (non-hydrogen) atoms. The molecule has 0 amide bonds. The van der Waals surface area contributed by atoms with E-state index in [9.17, 15) is 0 Å². The molecule has 1 heterocycles. The zero-order valence-electron chi connectivity index (χ0n) is 16.0. The zero-order valence-corrected chi connectivity index (χ0v) is 16.8. The molecule has 0 bridgehead atoms. The van der Waals surface area contributed by atoms with Crippen LogP contribution in [0, 0.1) is 0 Å². The Morgan fingerprint density at radius 3 is 2.07 bits per heavy atom. The topological polar surface area (TPSA) is 35.0 Å². The van der Waals surface area contributed by atoms with Gasteiger partial charge >= 0.3 is 0 Å². The fraction of sp³-hybridized carbons (Fsp3) is 0. The molecule has 5 rings (SSSR count).